The first kappa shape index (κ1) is 12.4. The van der Waals surface area contributed by atoms with E-state index in [1.807, 2.05) is 0 Å². The van der Waals surface area contributed by atoms with Gasteiger partial charge >= 0.3 is 0 Å². The third kappa shape index (κ3) is 3.46. The van der Waals surface area contributed by atoms with Crippen LogP contribution in [0.5, 0.6) is 0 Å². The zero-order valence-electron chi connectivity index (χ0n) is 10.9. The summed E-state index contributed by atoms with van der Waals surface area (Å²) in [5.41, 5.74) is 0. The normalized spacial score (nSPS) is 32.8. The summed E-state index contributed by atoms with van der Waals surface area (Å²) in [6.45, 7) is 7.44. The maximum atomic E-state index is 5.81. The standard InChI is InChI=1S/C14H27NO/c1-11(2)15-6-3-7-16-10-14-9-12-4-5-13(14)8-12/h11-15H,3-10H2,1-2H3. The van der Waals surface area contributed by atoms with Gasteiger partial charge in [-0.15, -0.1) is 0 Å². The van der Waals surface area contributed by atoms with Gasteiger partial charge in [0.25, 0.3) is 0 Å². The van der Waals surface area contributed by atoms with Crippen LogP contribution in [-0.2, 0) is 4.74 Å². The van der Waals surface area contributed by atoms with Crippen LogP contribution in [0.2, 0.25) is 0 Å². The molecule has 3 unspecified atom stereocenters. The first-order valence-corrected chi connectivity index (χ1v) is 7.07. The Bertz CT molecular complexity index is 205. The van der Waals surface area contributed by atoms with Crippen LogP contribution < -0.4 is 5.32 Å². The maximum absolute atomic E-state index is 5.81. The first-order valence-electron chi connectivity index (χ1n) is 7.07. The van der Waals surface area contributed by atoms with Gasteiger partial charge < -0.3 is 10.1 Å². The van der Waals surface area contributed by atoms with E-state index in [0.29, 0.717) is 6.04 Å². The van der Waals surface area contributed by atoms with Gasteiger partial charge in [0.1, 0.15) is 0 Å². The molecule has 2 aliphatic carbocycles. The average Bonchev–Trinajstić information content (AvgIpc) is 2.84. The predicted octanol–water partition coefficient (Wildman–Crippen LogP) is 2.83. The monoisotopic (exact) mass is 225 g/mol. The summed E-state index contributed by atoms with van der Waals surface area (Å²) in [5.74, 6) is 2.97. The molecule has 0 saturated heterocycles. The van der Waals surface area contributed by atoms with Gasteiger partial charge in [0.2, 0.25) is 0 Å². The van der Waals surface area contributed by atoms with Crippen LogP contribution in [0.25, 0.3) is 0 Å². The van der Waals surface area contributed by atoms with Gasteiger partial charge in [-0.3, -0.25) is 0 Å². The van der Waals surface area contributed by atoms with Crippen molar-refractivity contribution in [3.8, 4) is 0 Å². The van der Waals surface area contributed by atoms with Crippen LogP contribution in [-0.4, -0.2) is 25.8 Å². The molecule has 0 aromatic heterocycles. The summed E-state index contributed by atoms with van der Waals surface area (Å²) in [7, 11) is 0. The predicted molar refractivity (Wildman–Crippen MR) is 67.5 cm³/mol. The van der Waals surface area contributed by atoms with Crippen molar-refractivity contribution in [1.29, 1.82) is 0 Å². The van der Waals surface area contributed by atoms with Gasteiger partial charge in [-0.2, -0.15) is 0 Å². The third-order valence-corrected chi connectivity index (χ3v) is 4.23. The summed E-state index contributed by atoms with van der Waals surface area (Å²) in [4.78, 5) is 0. The highest BCUT2D eigenvalue weighted by atomic mass is 16.5. The molecule has 2 bridgehead atoms. The average molecular weight is 225 g/mol. The van der Waals surface area contributed by atoms with Crippen LogP contribution in [0.15, 0.2) is 0 Å². The molecule has 0 spiro atoms. The van der Waals surface area contributed by atoms with Crippen molar-refractivity contribution in [2.45, 2.75) is 52.0 Å². The lowest BCUT2D eigenvalue weighted by Gasteiger charge is -2.21. The fourth-order valence-corrected chi connectivity index (χ4v) is 3.38. The zero-order valence-corrected chi connectivity index (χ0v) is 10.9. The number of nitrogens with one attached hydrogen (secondary N) is 1. The Morgan fingerprint density at radius 3 is 2.75 bits per heavy atom. The molecule has 2 saturated carbocycles. The van der Waals surface area contributed by atoms with Crippen molar-refractivity contribution in [2.24, 2.45) is 17.8 Å². The molecule has 2 heteroatoms. The van der Waals surface area contributed by atoms with Crippen LogP contribution in [0.1, 0.15) is 46.0 Å². The summed E-state index contributed by atoms with van der Waals surface area (Å²) >= 11 is 0. The minimum absolute atomic E-state index is 0.602. The van der Waals surface area contributed by atoms with Gasteiger partial charge in [-0.1, -0.05) is 20.3 Å². The van der Waals surface area contributed by atoms with Gasteiger partial charge in [-0.25, -0.2) is 0 Å². The van der Waals surface area contributed by atoms with Gasteiger partial charge in [0.05, 0.1) is 0 Å². The first-order chi connectivity index (χ1) is 7.75. The largest absolute Gasteiger partial charge is 0.381 e. The van der Waals surface area contributed by atoms with Crippen LogP contribution in [0.3, 0.4) is 0 Å². The minimum Gasteiger partial charge on any atom is -0.381 e. The Balaban J connectivity index is 1.46. The molecule has 0 aliphatic heterocycles. The van der Waals surface area contributed by atoms with Crippen molar-refractivity contribution in [3.63, 3.8) is 0 Å². The molecule has 0 aromatic rings. The smallest absolute Gasteiger partial charge is 0.0497 e. The highest BCUT2D eigenvalue weighted by molar-refractivity contribution is 4.89. The number of hydrogen-bond donors (Lipinski definition) is 1. The third-order valence-electron chi connectivity index (χ3n) is 4.23. The van der Waals surface area contributed by atoms with Crippen molar-refractivity contribution < 1.29 is 4.74 Å². The molecule has 2 fully saturated rings. The molecule has 2 aliphatic rings. The number of hydrogen-bond acceptors (Lipinski definition) is 2. The summed E-state index contributed by atoms with van der Waals surface area (Å²) < 4.78 is 5.81. The van der Waals surface area contributed by atoms with E-state index in [9.17, 15) is 0 Å². The second-order valence-electron chi connectivity index (χ2n) is 5.97. The van der Waals surface area contributed by atoms with Crippen LogP contribution in [0, 0.1) is 17.8 Å². The molecule has 94 valence electrons. The van der Waals surface area contributed by atoms with E-state index in [-0.39, 0.29) is 0 Å². The molecular weight excluding hydrogens is 198 g/mol. The molecule has 16 heavy (non-hydrogen) atoms. The molecule has 3 atom stereocenters. The van der Waals surface area contributed by atoms with Crippen molar-refractivity contribution in [3.05, 3.63) is 0 Å². The highest BCUT2D eigenvalue weighted by Crippen LogP contribution is 2.48. The molecule has 0 amide bonds. The summed E-state index contributed by atoms with van der Waals surface area (Å²) in [6.07, 6.45) is 7.09. The van der Waals surface area contributed by atoms with Crippen molar-refractivity contribution in [1.82, 2.24) is 5.32 Å². The van der Waals surface area contributed by atoms with Gasteiger partial charge in [-0.05, 0) is 50.0 Å². The van der Waals surface area contributed by atoms with Crippen molar-refractivity contribution >= 4 is 0 Å². The Hall–Kier alpha value is -0.0800. The van der Waals surface area contributed by atoms with Crippen molar-refractivity contribution in [2.75, 3.05) is 19.8 Å². The molecule has 1 N–H and O–H groups in total. The van der Waals surface area contributed by atoms with Crippen LogP contribution in [0.4, 0.5) is 0 Å². The number of fused-ring (bicyclic) bond motifs is 2. The second-order valence-corrected chi connectivity index (χ2v) is 5.97. The van der Waals surface area contributed by atoms with E-state index >= 15 is 0 Å². The summed E-state index contributed by atoms with van der Waals surface area (Å²) in [5, 5.41) is 3.42. The highest BCUT2D eigenvalue weighted by Gasteiger charge is 2.39. The SMILES string of the molecule is CC(C)NCCCOCC1CC2CCC1C2. The van der Waals surface area contributed by atoms with E-state index in [1.165, 1.54) is 25.7 Å². The lowest BCUT2D eigenvalue weighted by atomic mass is 9.90. The van der Waals surface area contributed by atoms with E-state index < -0.39 is 0 Å². The lowest BCUT2D eigenvalue weighted by molar-refractivity contribution is 0.0769. The van der Waals surface area contributed by atoms with E-state index in [4.69, 9.17) is 4.74 Å². The Morgan fingerprint density at radius 2 is 2.12 bits per heavy atom. The topological polar surface area (TPSA) is 21.3 Å². The molecule has 0 radical (unpaired) electrons. The fourth-order valence-electron chi connectivity index (χ4n) is 3.38. The minimum atomic E-state index is 0.602. The van der Waals surface area contributed by atoms with Gasteiger partial charge in [0, 0.05) is 19.3 Å². The maximum Gasteiger partial charge on any atom is 0.0497 e. The quantitative estimate of drug-likeness (QED) is 0.673. The molecule has 2 nitrogen and oxygen atoms in total. The van der Waals surface area contributed by atoms with E-state index in [1.54, 1.807) is 0 Å². The van der Waals surface area contributed by atoms with E-state index in [2.05, 4.69) is 19.2 Å². The molecule has 0 aromatic carbocycles. The lowest BCUT2D eigenvalue weighted by Crippen LogP contribution is -2.25. The fraction of sp³-hybridized carbons (Fsp3) is 1.00. The molecular formula is C14H27NO. The molecule has 2 rings (SSSR count). The van der Waals surface area contributed by atoms with Gasteiger partial charge in [0.15, 0.2) is 0 Å². The Morgan fingerprint density at radius 1 is 1.25 bits per heavy atom. The number of ether oxygens (including phenoxy) is 1. The Kier molecular flexibility index (Phi) is 4.66. The second kappa shape index (κ2) is 6.02. The summed E-state index contributed by atoms with van der Waals surface area (Å²) in [6, 6.07) is 0.602. The van der Waals surface area contributed by atoms with E-state index in [0.717, 1.165) is 43.9 Å². The van der Waals surface area contributed by atoms with Crippen LogP contribution >= 0.6 is 0 Å². The molecule has 0 heterocycles. The zero-order chi connectivity index (χ0) is 11.4. The Labute approximate surface area is 100 Å². The number of rotatable bonds is 7.